The van der Waals surface area contributed by atoms with Gasteiger partial charge in [-0.25, -0.2) is 4.98 Å². The highest BCUT2D eigenvalue weighted by atomic mass is 16.2. The van der Waals surface area contributed by atoms with E-state index < -0.39 is 0 Å². The van der Waals surface area contributed by atoms with E-state index in [1.807, 2.05) is 19.2 Å². The van der Waals surface area contributed by atoms with Gasteiger partial charge in [0.15, 0.2) is 0 Å². The molecular weight excluding hydrogens is 200 g/mol. The van der Waals surface area contributed by atoms with E-state index in [-0.39, 0.29) is 11.8 Å². The summed E-state index contributed by atoms with van der Waals surface area (Å²) in [4.78, 5) is 18.0. The highest BCUT2D eigenvalue weighted by Gasteiger charge is 2.35. The molecule has 0 radical (unpaired) electrons. The van der Waals surface area contributed by atoms with Crippen LogP contribution in [0.2, 0.25) is 0 Å². The topological polar surface area (TPSA) is 33.2 Å². The number of unbranched alkanes of at least 4 members (excludes halogenated alkanes) is 2. The fourth-order valence-electron chi connectivity index (χ4n) is 2.31. The van der Waals surface area contributed by atoms with Crippen LogP contribution in [0.4, 0.5) is 5.82 Å². The number of hydrogen-bond donors (Lipinski definition) is 0. The molecule has 1 aromatic heterocycles. The van der Waals surface area contributed by atoms with Crippen molar-refractivity contribution in [2.75, 3.05) is 11.9 Å². The second kappa shape index (κ2) is 4.64. The molecule has 0 aromatic carbocycles. The zero-order valence-corrected chi connectivity index (χ0v) is 9.94. The molecule has 0 saturated carbocycles. The minimum absolute atomic E-state index is 0.0419. The maximum absolute atomic E-state index is 12.0. The summed E-state index contributed by atoms with van der Waals surface area (Å²) in [6, 6.07) is 3.94. The Bertz CT molecular complexity index is 389. The summed E-state index contributed by atoms with van der Waals surface area (Å²) < 4.78 is 0. The Morgan fingerprint density at radius 2 is 2.25 bits per heavy atom. The second-order valence-corrected chi connectivity index (χ2v) is 4.36. The molecule has 0 N–H and O–H groups in total. The normalized spacial score (nSPS) is 19.0. The fourth-order valence-corrected chi connectivity index (χ4v) is 2.31. The lowest BCUT2D eigenvalue weighted by Gasteiger charge is -2.09. The van der Waals surface area contributed by atoms with Crippen molar-refractivity contribution in [2.45, 2.75) is 38.5 Å². The number of amides is 1. The highest BCUT2D eigenvalue weighted by molar-refractivity contribution is 6.03. The number of fused-ring (bicyclic) bond motifs is 1. The monoisotopic (exact) mass is 218 g/mol. The third kappa shape index (κ3) is 1.82. The molecule has 1 atom stereocenters. The molecule has 0 saturated heterocycles. The number of anilines is 1. The largest absolute Gasteiger partial charge is 0.299 e. The van der Waals surface area contributed by atoms with Gasteiger partial charge in [-0.05, 0) is 12.5 Å². The van der Waals surface area contributed by atoms with Crippen molar-refractivity contribution in [3.63, 3.8) is 0 Å². The molecule has 0 aliphatic carbocycles. The predicted octanol–water partition coefficient (Wildman–Crippen LogP) is 2.72. The molecule has 16 heavy (non-hydrogen) atoms. The molecule has 1 amide bonds. The highest BCUT2D eigenvalue weighted by Crippen LogP contribution is 2.37. The van der Waals surface area contributed by atoms with Crippen LogP contribution in [0, 0.1) is 0 Å². The average Bonchev–Trinajstić information content (AvgIpc) is 2.55. The van der Waals surface area contributed by atoms with E-state index in [0.29, 0.717) is 0 Å². The zero-order chi connectivity index (χ0) is 11.5. The number of carbonyl (C=O) groups is 1. The first-order chi connectivity index (χ1) is 7.75. The molecule has 0 bridgehead atoms. The van der Waals surface area contributed by atoms with Crippen LogP contribution in [-0.4, -0.2) is 17.9 Å². The molecule has 86 valence electrons. The predicted molar refractivity (Wildman–Crippen MR) is 64.5 cm³/mol. The van der Waals surface area contributed by atoms with Crippen molar-refractivity contribution in [3.05, 3.63) is 23.9 Å². The van der Waals surface area contributed by atoms with Gasteiger partial charge in [-0.15, -0.1) is 0 Å². The number of pyridine rings is 1. The minimum Gasteiger partial charge on any atom is -0.299 e. The fraction of sp³-hybridized carbons (Fsp3) is 0.538. The van der Waals surface area contributed by atoms with E-state index in [2.05, 4.69) is 11.9 Å². The molecule has 3 heteroatoms. The molecular formula is C13H18N2O. The van der Waals surface area contributed by atoms with Crippen LogP contribution >= 0.6 is 0 Å². The first-order valence-corrected chi connectivity index (χ1v) is 5.98. The summed E-state index contributed by atoms with van der Waals surface area (Å²) in [5.41, 5.74) is 1.10. The van der Waals surface area contributed by atoms with E-state index in [9.17, 15) is 4.79 Å². The Labute approximate surface area is 96.5 Å². The second-order valence-electron chi connectivity index (χ2n) is 4.36. The molecule has 0 unspecified atom stereocenters. The SMILES string of the molecule is CCCCC[C@@H]1C(=O)N(C)c2ncccc21. The van der Waals surface area contributed by atoms with Gasteiger partial charge in [0.2, 0.25) is 5.91 Å². The van der Waals surface area contributed by atoms with Crippen LogP contribution < -0.4 is 4.90 Å². The van der Waals surface area contributed by atoms with Gasteiger partial charge in [0.1, 0.15) is 5.82 Å². The van der Waals surface area contributed by atoms with Crippen molar-refractivity contribution in [3.8, 4) is 0 Å². The van der Waals surface area contributed by atoms with Gasteiger partial charge in [-0.1, -0.05) is 32.3 Å². The van der Waals surface area contributed by atoms with Gasteiger partial charge in [0, 0.05) is 18.8 Å². The number of likely N-dealkylation sites (N-methyl/N-ethyl adjacent to an activating group) is 1. The first-order valence-electron chi connectivity index (χ1n) is 5.98. The maximum Gasteiger partial charge on any atom is 0.235 e. The summed E-state index contributed by atoms with van der Waals surface area (Å²) in [6.45, 7) is 2.18. The van der Waals surface area contributed by atoms with Gasteiger partial charge in [-0.2, -0.15) is 0 Å². The number of nitrogens with zero attached hydrogens (tertiary/aromatic N) is 2. The van der Waals surface area contributed by atoms with Crippen LogP contribution in [0.3, 0.4) is 0 Å². The van der Waals surface area contributed by atoms with Gasteiger partial charge < -0.3 is 0 Å². The Morgan fingerprint density at radius 3 is 3.00 bits per heavy atom. The molecule has 0 fully saturated rings. The van der Waals surface area contributed by atoms with Crippen molar-refractivity contribution in [1.82, 2.24) is 4.98 Å². The van der Waals surface area contributed by atoms with Crippen molar-refractivity contribution in [2.24, 2.45) is 0 Å². The van der Waals surface area contributed by atoms with Crippen LogP contribution in [0.15, 0.2) is 18.3 Å². The zero-order valence-electron chi connectivity index (χ0n) is 9.94. The van der Waals surface area contributed by atoms with Crippen LogP contribution in [-0.2, 0) is 4.79 Å². The Balaban J connectivity index is 2.17. The van der Waals surface area contributed by atoms with Crippen LogP contribution in [0.5, 0.6) is 0 Å². The number of aromatic nitrogens is 1. The summed E-state index contributed by atoms with van der Waals surface area (Å²) in [7, 11) is 1.81. The van der Waals surface area contributed by atoms with E-state index in [1.54, 1.807) is 11.1 Å². The molecule has 2 heterocycles. The van der Waals surface area contributed by atoms with E-state index in [4.69, 9.17) is 0 Å². The smallest absolute Gasteiger partial charge is 0.235 e. The van der Waals surface area contributed by atoms with Crippen LogP contribution in [0.25, 0.3) is 0 Å². The van der Waals surface area contributed by atoms with E-state index in [0.717, 1.165) is 24.2 Å². The number of carbonyl (C=O) groups excluding carboxylic acids is 1. The molecule has 1 aliphatic rings. The standard InChI is InChI=1S/C13H18N2O/c1-3-4-5-7-11-10-8-6-9-14-12(10)15(2)13(11)16/h6,8-9,11H,3-5,7H2,1-2H3/t11-/m0/s1. The van der Waals surface area contributed by atoms with Gasteiger partial charge in [-0.3, -0.25) is 9.69 Å². The summed E-state index contributed by atoms with van der Waals surface area (Å²) in [5, 5.41) is 0. The molecule has 1 aliphatic heterocycles. The quantitative estimate of drug-likeness (QED) is 0.728. The minimum atomic E-state index is 0.0419. The van der Waals surface area contributed by atoms with Crippen LogP contribution in [0.1, 0.15) is 44.1 Å². The lowest BCUT2D eigenvalue weighted by molar-refractivity contribution is -0.119. The Morgan fingerprint density at radius 1 is 1.44 bits per heavy atom. The first kappa shape index (κ1) is 11.1. The third-order valence-corrected chi connectivity index (χ3v) is 3.24. The lowest BCUT2D eigenvalue weighted by Crippen LogP contribution is -2.24. The molecule has 3 nitrogen and oxygen atoms in total. The maximum atomic E-state index is 12.0. The summed E-state index contributed by atoms with van der Waals surface area (Å²) >= 11 is 0. The van der Waals surface area contributed by atoms with Crippen molar-refractivity contribution in [1.29, 1.82) is 0 Å². The summed E-state index contributed by atoms with van der Waals surface area (Å²) in [5.74, 6) is 1.08. The number of rotatable bonds is 4. The molecule has 0 spiro atoms. The molecule has 2 rings (SSSR count). The van der Waals surface area contributed by atoms with Gasteiger partial charge >= 0.3 is 0 Å². The van der Waals surface area contributed by atoms with Gasteiger partial charge in [0.25, 0.3) is 0 Å². The summed E-state index contributed by atoms with van der Waals surface area (Å²) in [6.07, 6.45) is 6.21. The average molecular weight is 218 g/mol. The Hall–Kier alpha value is -1.38. The third-order valence-electron chi connectivity index (χ3n) is 3.24. The van der Waals surface area contributed by atoms with E-state index >= 15 is 0 Å². The number of hydrogen-bond acceptors (Lipinski definition) is 2. The molecule has 1 aromatic rings. The lowest BCUT2D eigenvalue weighted by atomic mass is 9.96. The Kier molecular flexibility index (Phi) is 3.22. The van der Waals surface area contributed by atoms with Crippen molar-refractivity contribution < 1.29 is 4.79 Å². The van der Waals surface area contributed by atoms with Crippen molar-refractivity contribution >= 4 is 11.7 Å². The van der Waals surface area contributed by atoms with E-state index in [1.165, 1.54) is 12.8 Å². The van der Waals surface area contributed by atoms with Gasteiger partial charge in [0.05, 0.1) is 5.92 Å².